The molecule has 3 aromatic rings. The first-order valence-electron chi connectivity index (χ1n) is 10.5. The highest BCUT2D eigenvalue weighted by Crippen LogP contribution is 2.40. The second-order valence-electron chi connectivity index (χ2n) is 7.79. The molecule has 4 rings (SSSR count). The number of rotatable bonds is 7. The van der Waals surface area contributed by atoms with E-state index >= 15 is 0 Å². The molecule has 1 aliphatic carbocycles. The third kappa shape index (κ3) is 5.31. The van der Waals surface area contributed by atoms with E-state index in [0.717, 1.165) is 31.2 Å². The van der Waals surface area contributed by atoms with Crippen LogP contribution in [-0.2, 0) is 5.41 Å². The highest BCUT2D eigenvalue weighted by molar-refractivity contribution is 7.80. The fourth-order valence-corrected chi connectivity index (χ4v) is 4.21. The minimum atomic E-state index is -0.226. The maximum absolute atomic E-state index is 13.4. The van der Waals surface area contributed by atoms with E-state index in [2.05, 4.69) is 20.6 Å². The van der Waals surface area contributed by atoms with Crippen LogP contribution in [0.5, 0.6) is 17.5 Å². The minimum Gasteiger partial charge on any atom is -0.481 e. The topological polar surface area (TPSA) is 68.3 Å². The maximum atomic E-state index is 13.4. The van der Waals surface area contributed by atoms with Crippen molar-refractivity contribution in [3.8, 4) is 17.5 Å². The molecule has 0 radical (unpaired) electrons. The van der Waals surface area contributed by atoms with Gasteiger partial charge < -0.3 is 20.1 Å². The Balaban J connectivity index is 1.44. The van der Waals surface area contributed by atoms with Crippen molar-refractivity contribution in [2.75, 3.05) is 19.0 Å². The van der Waals surface area contributed by atoms with Gasteiger partial charge in [0.15, 0.2) is 5.11 Å². The van der Waals surface area contributed by atoms with Gasteiger partial charge in [0.25, 0.3) is 0 Å². The molecule has 6 nitrogen and oxygen atoms in total. The summed E-state index contributed by atoms with van der Waals surface area (Å²) in [7, 11) is 1.53. The Labute approximate surface area is 192 Å². The van der Waals surface area contributed by atoms with E-state index < -0.39 is 0 Å². The fraction of sp³-hybridized carbons (Fsp3) is 0.292. The summed E-state index contributed by atoms with van der Waals surface area (Å²) in [4.78, 5) is 8.69. The van der Waals surface area contributed by atoms with Crippen LogP contribution in [0, 0.1) is 5.82 Å². The Morgan fingerprint density at radius 3 is 2.41 bits per heavy atom. The summed E-state index contributed by atoms with van der Waals surface area (Å²) in [6.07, 6.45) is 4.33. The number of ether oxygens (including phenoxy) is 2. The molecule has 0 atom stereocenters. The second kappa shape index (κ2) is 9.91. The van der Waals surface area contributed by atoms with E-state index in [9.17, 15) is 4.39 Å². The minimum absolute atomic E-state index is 0.0732. The number of halogens is 1. The fourth-order valence-electron chi connectivity index (χ4n) is 4.04. The summed E-state index contributed by atoms with van der Waals surface area (Å²) < 4.78 is 24.5. The Hall–Kier alpha value is -3.26. The van der Waals surface area contributed by atoms with E-state index in [-0.39, 0.29) is 17.2 Å². The average Bonchev–Trinajstić information content (AvgIpc) is 3.29. The van der Waals surface area contributed by atoms with Gasteiger partial charge in [0.2, 0.25) is 17.7 Å². The van der Waals surface area contributed by atoms with Crippen molar-refractivity contribution in [3.05, 3.63) is 72.0 Å². The third-order valence-electron chi connectivity index (χ3n) is 5.68. The van der Waals surface area contributed by atoms with Crippen molar-refractivity contribution in [2.45, 2.75) is 31.1 Å². The highest BCUT2D eigenvalue weighted by atomic mass is 32.1. The lowest BCUT2D eigenvalue weighted by Gasteiger charge is -2.30. The number of benzene rings is 2. The lowest BCUT2D eigenvalue weighted by Crippen LogP contribution is -2.41. The Bertz CT molecular complexity index is 1060. The van der Waals surface area contributed by atoms with Gasteiger partial charge in [-0.2, -0.15) is 9.97 Å². The Morgan fingerprint density at radius 1 is 1.03 bits per heavy atom. The number of anilines is 1. The molecule has 1 saturated carbocycles. The normalized spacial score (nSPS) is 14.6. The molecule has 1 fully saturated rings. The van der Waals surface area contributed by atoms with Crippen molar-refractivity contribution in [1.82, 2.24) is 15.3 Å². The molecule has 1 aliphatic rings. The van der Waals surface area contributed by atoms with Gasteiger partial charge in [-0.05, 0) is 54.9 Å². The smallest absolute Gasteiger partial charge is 0.235 e. The average molecular weight is 453 g/mol. The number of hydrogen-bond donors (Lipinski definition) is 2. The first-order chi connectivity index (χ1) is 15.6. The molecule has 0 unspecified atom stereocenters. The first-order valence-corrected chi connectivity index (χ1v) is 10.9. The molecular formula is C24H25FN4O2S. The number of hydrogen-bond acceptors (Lipinski definition) is 5. The lowest BCUT2D eigenvalue weighted by atomic mass is 9.79. The summed E-state index contributed by atoms with van der Waals surface area (Å²) in [5, 5.41) is 6.72. The summed E-state index contributed by atoms with van der Waals surface area (Å²) in [5.74, 6) is 1.40. The van der Waals surface area contributed by atoms with Gasteiger partial charge in [-0.25, -0.2) is 4.39 Å². The zero-order valence-electron chi connectivity index (χ0n) is 17.8. The summed E-state index contributed by atoms with van der Waals surface area (Å²) in [6.45, 7) is 0.641. The molecule has 0 saturated heterocycles. The first kappa shape index (κ1) is 22.0. The van der Waals surface area contributed by atoms with Crippen LogP contribution >= 0.6 is 12.2 Å². The quantitative estimate of drug-likeness (QED) is 0.477. The molecule has 32 heavy (non-hydrogen) atoms. The zero-order valence-corrected chi connectivity index (χ0v) is 18.6. The molecule has 166 valence electrons. The van der Waals surface area contributed by atoms with Gasteiger partial charge >= 0.3 is 0 Å². The van der Waals surface area contributed by atoms with Crippen LogP contribution in [-0.4, -0.2) is 28.7 Å². The molecule has 1 heterocycles. The molecule has 2 N–H and O–H groups in total. The SMILES string of the molecule is COc1cc(Oc2ccccc2)nc(NC(=S)NCC2(c3ccc(F)cc3)CCCC2)n1. The number of aromatic nitrogens is 2. The van der Waals surface area contributed by atoms with Crippen LogP contribution in [0.1, 0.15) is 31.2 Å². The maximum Gasteiger partial charge on any atom is 0.235 e. The van der Waals surface area contributed by atoms with Crippen LogP contribution in [0.2, 0.25) is 0 Å². The predicted molar refractivity (Wildman–Crippen MR) is 126 cm³/mol. The number of para-hydroxylation sites is 1. The number of nitrogens with one attached hydrogen (secondary N) is 2. The monoisotopic (exact) mass is 452 g/mol. The van der Waals surface area contributed by atoms with E-state index in [1.807, 2.05) is 42.5 Å². The molecule has 0 aliphatic heterocycles. The van der Waals surface area contributed by atoms with Gasteiger partial charge in [-0.3, -0.25) is 0 Å². The van der Waals surface area contributed by atoms with Crippen molar-refractivity contribution in [1.29, 1.82) is 0 Å². The molecule has 0 amide bonds. The van der Waals surface area contributed by atoms with E-state index in [0.29, 0.717) is 29.2 Å². The number of methoxy groups -OCH3 is 1. The second-order valence-corrected chi connectivity index (χ2v) is 8.20. The van der Waals surface area contributed by atoms with Gasteiger partial charge in [-0.15, -0.1) is 0 Å². The summed E-state index contributed by atoms with van der Waals surface area (Å²) in [5.41, 5.74) is 1.05. The molecule has 0 spiro atoms. The third-order valence-corrected chi connectivity index (χ3v) is 5.93. The zero-order chi connectivity index (χ0) is 22.4. The van der Waals surface area contributed by atoms with Crippen LogP contribution in [0.3, 0.4) is 0 Å². The van der Waals surface area contributed by atoms with Gasteiger partial charge in [0, 0.05) is 12.0 Å². The molecule has 8 heteroatoms. The van der Waals surface area contributed by atoms with Crippen LogP contribution in [0.15, 0.2) is 60.7 Å². The van der Waals surface area contributed by atoms with Crippen molar-refractivity contribution >= 4 is 23.3 Å². The summed E-state index contributed by atoms with van der Waals surface area (Å²) >= 11 is 5.50. The Morgan fingerprint density at radius 2 is 1.72 bits per heavy atom. The molecular weight excluding hydrogens is 427 g/mol. The van der Waals surface area contributed by atoms with Crippen LogP contribution in [0.4, 0.5) is 10.3 Å². The lowest BCUT2D eigenvalue weighted by molar-refractivity contribution is 0.389. The van der Waals surface area contributed by atoms with Crippen LogP contribution in [0.25, 0.3) is 0 Å². The standard InChI is InChI=1S/C24H25FN4O2S/c1-30-20-15-21(31-19-7-3-2-4-8-19)28-22(27-20)29-23(32)26-16-24(13-5-6-14-24)17-9-11-18(25)12-10-17/h2-4,7-12,15H,5-6,13-14,16H2,1H3,(H2,26,27,28,29,32). The number of nitrogens with zero attached hydrogens (tertiary/aromatic N) is 2. The van der Waals surface area contributed by atoms with E-state index in [4.69, 9.17) is 21.7 Å². The number of thiocarbonyl (C=S) groups is 1. The van der Waals surface area contributed by atoms with E-state index in [1.54, 1.807) is 6.07 Å². The van der Waals surface area contributed by atoms with Gasteiger partial charge in [-0.1, -0.05) is 43.2 Å². The molecule has 1 aromatic heterocycles. The largest absolute Gasteiger partial charge is 0.481 e. The van der Waals surface area contributed by atoms with E-state index in [1.165, 1.54) is 19.2 Å². The predicted octanol–water partition coefficient (Wildman–Crippen LogP) is 5.22. The highest BCUT2D eigenvalue weighted by Gasteiger charge is 2.35. The Kier molecular flexibility index (Phi) is 6.80. The van der Waals surface area contributed by atoms with Gasteiger partial charge in [0.05, 0.1) is 13.2 Å². The molecule has 2 aromatic carbocycles. The van der Waals surface area contributed by atoms with Crippen molar-refractivity contribution < 1.29 is 13.9 Å². The molecule has 0 bridgehead atoms. The van der Waals surface area contributed by atoms with Crippen molar-refractivity contribution in [2.24, 2.45) is 0 Å². The summed E-state index contributed by atoms with van der Waals surface area (Å²) in [6, 6.07) is 17.7. The van der Waals surface area contributed by atoms with Crippen LogP contribution < -0.4 is 20.1 Å². The van der Waals surface area contributed by atoms with Gasteiger partial charge in [0.1, 0.15) is 11.6 Å². The van der Waals surface area contributed by atoms with Crippen molar-refractivity contribution in [3.63, 3.8) is 0 Å².